The zero-order valence-corrected chi connectivity index (χ0v) is 12.2. The monoisotopic (exact) mass is 277 g/mol. The van der Waals surface area contributed by atoms with Crippen LogP contribution in [0.25, 0.3) is 10.2 Å². The van der Waals surface area contributed by atoms with E-state index in [1.165, 1.54) is 0 Å². The standard InChI is InChI=1S/C13H19N5S/c1-3-17-5-6-18(8-9(17)2)11-10-4-7-19-12(10)16-13(14)15-11/h4,7,9H,3,5-6,8H2,1-2H3,(H2,14,15,16). The van der Waals surface area contributed by atoms with Crippen LogP contribution in [-0.2, 0) is 0 Å². The summed E-state index contributed by atoms with van der Waals surface area (Å²) >= 11 is 1.62. The van der Waals surface area contributed by atoms with Crippen molar-refractivity contribution in [1.82, 2.24) is 14.9 Å². The number of hydrogen-bond donors (Lipinski definition) is 1. The molecule has 1 aliphatic heterocycles. The van der Waals surface area contributed by atoms with Gasteiger partial charge in [0.25, 0.3) is 0 Å². The highest BCUT2D eigenvalue weighted by Crippen LogP contribution is 2.29. The summed E-state index contributed by atoms with van der Waals surface area (Å²) in [6.07, 6.45) is 0. The Bertz CT molecular complexity index is 581. The molecule has 0 amide bonds. The van der Waals surface area contributed by atoms with Gasteiger partial charge < -0.3 is 10.6 Å². The van der Waals surface area contributed by atoms with Gasteiger partial charge >= 0.3 is 0 Å². The van der Waals surface area contributed by atoms with E-state index in [-0.39, 0.29) is 0 Å². The molecule has 3 rings (SSSR count). The highest BCUT2D eigenvalue weighted by Gasteiger charge is 2.25. The van der Waals surface area contributed by atoms with Crippen molar-refractivity contribution in [3.8, 4) is 0 Å². The highest BCUT2D eigenvalue weighted by atomic mass is 32.1. The first kappa shape index (κ1) is 12.6. The van der Waals surface area contributed by atoms with Crippen LogP contribution in [0.1, 0.15) is 13.8 Å². The summed E-state index contributed by atoms with van der Waals surface area (Å²) in [5.41, 5.74) is 5.83. The zero-order valence-electron chi connectivity index (χ0n) is 11.3. The van der Waals surface area contributed by atoms with E-state index in [2.05, 4.69) is 39.7 Å². The van der Waals surface area contributed by atoms with Gasteiger partial charge in [-0.25, -0.2) is 4.98 Å². The van der Waals surface area contributed by atoms with Gasteiger partial charge in [0.1, 0.15) is 10.6 Å². The number of nitrogens with zero attached hydrogens (tertiary/aromatic N) is 4. The maximum atomic E-state index is 5.83. The van der Waals surface area contributed by atoms with Crippen molar-refractivity contribution in [2.45, 2.75) is 19.9 Å². The third-order valence-corrected chi connectivity index (χ3v) is 4.60. The van der Waals surface area contributed by atoms with Crippen molar-refractivity contribution < 1.29 is 0 Å². The molecule has 0 aromatic carbocycles. The third kappa shape index (κ3) is 2.26. The molecule has 1 saturated heterocycles. The van der Waals surface area contributed by atoms with E-state index >= 15 is 0 Å². The van der Waals surface area contributed by atoms with Crippen molar-refractivity contribution in [3.63, 3.8) is 0 Å². The number of piperazine rings is 1. The number of aromatic nitrogens is 2. The van der Waals surface area contributed by atoms with E-state index < -0.39 is 0 Å². The van der Waals surface area contributed by atoms with Crippen molar-refractivity contribution in [2.24, 2.45) is 0 Å². The van der Waals surface area contributed by atoms with Crippen LogP contribution in [0.5, 0.6) is 0 Å². The van der Waals surface area contributed by atoms with Gasteiger partial charge in [0.15, 0.2) is 0 Å². The first-order valence-electron chi connectivity index (χ1n) is 6.68. The smallest absolute Gasteiger partial charge is 0.223 e. The molecule has 2 aromatic heterocycles. The lowest BCUT2D eigenvalue weighted by Crippen LogP contribution is -2.52. The molecule has 3 heterocycles. The average Bonchev–Trinajstić information content (AvgIpc) is 2.85. The van der Waals surface area contributed by atoms with E-state index in [0.717, 1.165) is 42.2 Å². The van der Waals surface area contributed by atoms with Crippen LogP contribution in [0.2, 0.25) is 0 Å². The zero-order chi connectivity index (χ0) is 13.4. The number of hydrogen-bond acceptors (Lipinski definition) is 6. The molecule has 2 N–H and O–H groups in total. The molecule has 2 aromatic rings. The van der Waals surface area contributed by atoms with Crippen molar-refractivity contribution in [2.75, 3.05) is 36.8 Å². The second-order valence-corrected chi connectivity index (χ2v) is 5.86. The molecule has 0 bridgehead atoms. The Morgan fingerprint density at radius 1 is 1.42 bits per heavy atom. The van der Waals surface area contributed by atoms with Crippen LogP contribution in [0.4, 0.5) is 11.8 Å². The molecular formula is C13H19N5S. The van der Waals surface area contributed by atoms with Crippen LogP contribution in [0, 0.1) is 0 Å². The summed E-state index contributed by atoms with van der Waals surface area (Å²) in [6.45, 7) is 8.66. The molecule has 0 saturated carbocycles. The molecule has 1 unspecified atom stereocenters. The van der Waals surface area contributed by atoms with Gasteiger partial charge in [-0.3, -0.25) is 4.90 Å². The number of likely N-dealkylation sites (N-methyl/N-ethyl adjacent to an activating group) is 1. The van der Waals surface area contributed by atoms with E-state index in [9.17, 15) is 0 Å². The Morgan fingerprint density at radius 3 is 3.00 bits per heavy atom. The Hall–Kier alpha value is -1.40. The van der Waals surface area contributed by atoms with Crippen LogP contribution >= 0.6 is 11.3 Å². The van der Waals surface area contributed by atoms with Crippen LogP contribution in [-0.4, -0.2) is 47.1 Å². The van der Waals surface area contributed by atoms with Crippen LogP contribution in [0.15, 0.2) is 11.4 Å². The van der Waals surface area contributed by atoms with E-state index in [4.69, 9.17) is 5.73 Å². The van der Waals surface area contributed by atoms with Crippen molar-refractivity contribution >= 4 is 33.3 Å². The Morgan fingerprint density at radius 2 is 2.26 bits per heavy atom. The molecule has 102 valence electrons. The average molecular weight is 277 g/mol. The maximum Gasteiger partial charge on any atom is 0.223 e. The minimum Gasteiger partial charge on any atom is -0.368 e. The fourth-order valence-electron chi connectivity index (χ4n) is 2.75. The largest absolute Gasteiger partial charge is 0.368 e. The normalized spacial score (nSPS) is 21.2. The number of thiophene rings is 1. The number of nitrogen functional groups attached to an aromatic ring is 1. The summed E-state index contributed by atoms with van der Waals surface area (Å²) in [5.74, 6) is 1.36. The summed E-state index contributed by atoms with van der Waals surface area (Å²) in [4.78, 5) is 14.6. The molecule has 1 fully saturated rings. The fourth-order valence-corrected chi connectivity index (χ4v) is 3.52. The van der Waals surface area contributed by atoms with Crippen molar-refractivity contribution in [1.29, 1.82) is 0 Å². The van der Waals surface area contributed by atoms with E-state index in [1.54, 1.807) is 11.3 Å². The summed E-state index contributed by atoms with van der Waals surface area (Å²) in [6, 6.07) is 2.63. The number of anilines is 2. The summed E-state index contributed by atoms with van der Waals surface area (Å²) in [5, 5.41) is 3.17. The minimum atomic E-state index is 0.371. The Kier molecular flexibility index (Phi) is 3.28. The lowest BCUT2D eigenvalue weighted by molar-refractivity contribution is 0.199. The SMILES string of the molecule is CCN1CCN(c2nc(N)nc3sccc23)CC1C. The van der Waals surface area contributed by atoms with Crippen molar-refractivity contribution in [3.05, 3.63) is 11.4 Å². The van der Waals surface area contributed by atoms with E-state index in [1.807, 2.05) is 5.38 Å². The number of fused-ring (bicyclic) bond motifs is 1. The molecule has 5 nitrogen and oxygen atoms in total. The fraction of sp³-hybridized carbons (Fsp3) is 0.538. The topological polar surface area (TPSA) is 58.3 Å². The van der Waals surface area contributed by atoms with Gasteiger partial charge in [-0.2, -0.15) is 4.98 Å². The van der Waals surface area contributed by atoms with Gasteiger partial charge in [0.2, 0.25) is 5.95 Å². The predicted octanol–water partition coefficient (Wildman–Crippen LogP) is 1.80. The first-order chi connectivity index (χ1) is 9.19. The Balaban J connectivity index is 1.94. The lowest BCUT2D eigenvalue weighted by Gasteiger charge is -2.40. The summed E-state index contributed by atoms with van der Waals surface area (Å²) < 4.78 is 0. The Labute approximate surface area is 117 Å². The second-order valence-electron chi connectivity index (χ2n) is 4.97. The molecule has 6 heteroatoms. The third-order valence-electron chi connectivity index (χ3n) is 3.79. The van der Waals surface area contributed by atoms with Crippen LogP contribution in [0.3, 0.4) is 0 Å². The first-order valence-corrected chi connectivity index (χ1v) is 7.56. The van der Waals surface area contributed by atoms with Gasteiger partial charge in [-0.05, 0) is 24.9 Å². The van der Waals surface area contributed by atoms with Gasteiger partial charge in [0, 0.05) is 25.7 Å². The van der Waals surface area contributed by atoms with Crippen LogP contribution < -0.4 is 10.6 Å². The molecule has 0 radical (unpaired) electrons. The van der Waals surface area contributed by atoms with E-state index in [0.29, 0.717) is 12.0 Å². The predicted molar refractivity (Wildman–Crippen MR) is 80.7 cm³/mol. The summed E-state index contributed by atoms with van der Waals surface area (Å²) in [7, 11) is 0. The molecular weight excluding hydrogens is 258 g/mol. The highest BCUT2D eigenvalue weighted by molar-refractivity contribution is 7.16. The van der Waals surface area contributed by atoms with Gasteiger partial charge in [0.05, 0.1) is 5.39 Å². The second kappa shape index (κ2) is 4.94. The number of rotatable bonds is 2. The molecule has 0 aliphatic carbocycles. The molecule has 19 heavy (non-hydrogen) atoms. The van der Waals surface area contributed by atoms with Gasteiger partial charge in [-0.15, -0.1) is 11.3 Å². The maximum absolute atomic E-state index is 5.83. The molecule has 0 spiro atoms. The lowest BCUT2D eigenvalue weighted by atomic mass is 10.2. The quantitative estimate of drug-likeness (QED) is 0.907. The molecule has 1 atom stereocenters. The number of nitrogens with two attached hydrogens (primary N) is 1. The minimum absolute atomic E-state index is 0.371. The van der Waals surface area contributed by atoms with Gasteiger partial charge in [-0.1, -0.05) is 6.92 Å². The molecule has 1 aliphatic rings.